The quantitative estimate of drug-likeness (QED) is 0.760. The van der Waals surface area contributed by atoms with Gasteiger partial charge in [-0.05, 0) is 43.2 Å². The first-order valence-corrected chi connectivity index (χ1v) is 9.50. The fourth-order valence-corrected chi connectivity index (χ4v) is 4.69. The topological polar surface area (TPSA) is 53.1 Å². The summed E-state index contributed by atoms with van der Waals surface area (Å²) >= 11 is 0. The van der Waals surface area contributed by atoms with Gasteiger partial charge in [-0.3, -0.25) is 9.69 Å². The molecule has 0 bridgehead atoms. The van der Waals surface area contributed by atoms with E-state index in [9.17, 15) is 9.59 Å². The minimum atomic E-state index is -0.624. The van der Waals surface area contributed by atoms with Gasteiger partial charge in [0, 0.05) is 33.7 Å². The summed E-state index contributed by atoms with van der Waals surface area (Å²) in [4.78, 5) is 30.1. The monoisotopic (exact) mass is 357 g/mol. The molecule has 6 nitrogen and oxygen atoms in total. The molecule has 3 aliphatic rings. The van der Waals surface area contributed by atoms with Gasteiger partial charge in [-0.15, -0.1) is 0 Å². The molecular weight excluding hydrogens is 330 g/mol. The van der Waals surface area contributed by atoms with Gasteiger partial charge in [0.25, 0.3) is 5.91 Å². The Bertz CT molecular complexity index is 712. The highest BCUT2D eigenvalue weighted by atomic mass is 16.5. The Hall–Kier alpha value is -2.08. The normalized spacial score (nSPS) is 26.0. The summed E-state index contributed by atoms with van der Waals surface area (Å²) in [6.07, 6.45) is 3.53. The van der Waals surface area contributed by atoms with Gasteiger partial charge in [0.05, 0.1) is 6.61 Å². The third kappa shape index (κ3) is 2.76. The maximum Gasteiger partial charge on any atom is 0.327 e. The number of fused-ring (bicyclic) bond motifs is 1. The van der Waals surface area contributed by atoms with E-state index in [4.69, 9.17) is 4.74 Å². The molecule has 6 heteroatoms. The summed E-state index contributed by atoms with van der Waals surface area (Å²) in [5.41, 5.74) is 0.669. The molecule has 0 radical (unpaired) electrons. The molecule has 2 fully saturated rings. The summed E-state index contributed by atoms with van der Waals surface area (Å²) in [6.45, 7) is 3.50. The second kappa shape index (κ2) is 6.58. The van der Waals surface area contributed by atoms with Gasteiger partial charge in [0.15, 0.2) is 0 Å². The van der Waals surface area contributed by atoms with E-state index in [1.54, 1.807) is 19.0 Å². The maximum atomic E-state index is 12.6. The van der Waals surface area contributed by atoms with Crippen molar-refractivity contribution in [3.63, 3.8) is 0 Å². The third-order valence-corrected chi connectivity index (χ3v) is 6.38. The van der Waals surface area contributed by atoms with Gasteiger partial charge in [0.1, 0.15) is 11.3 Å². The number of urea groups is 1. The molecule has 1 aromatic carbocycles. The number of hydrogen-bond donors (Lipinski definition) is 0. The van der Waals surface area contributed by atoms with E-state index in [0.29, 0.717) is 5.92 Å². The molecule has 3 amide bonds. The number of rotatable bonds is 2. The number of carbonyl (C=O) groups is 2. The van der Waals surface area contributed by atoms with E-state index in [1.807, 2.05) is 6.07 Å². The largest absolute Gasteiger partial charge is 0.493 e. The van der Waals surface area contributed by atoms with Crippen LogP contribution in [0.4, 0.5) is 4.79 Å². The molecule has 140 valence electrons. The average Bonchev–Trinajstić information content (AvgIpc) is 2.82. The van der Waals surface area contributed by atoms with E-state index in [1.165, 1.54) is 10.5 Å². The number of ether oxygens (including phenoxy) is 1. The number of likely N-dealkylation sites (tertiary alicyclic amines) is 1. The zero-order valence-corrected chi connectivity index (χ0v) is 15.6. The zero-order chi connectivity index (χ0) is 18.3. The average molecular weight is 357 g/mol. The van der Waals surface area contributed by atoms with Crippen molar-refractivity contribution in [1.29, 1.82) is 0 Å². The van der Waals surface area contributed by atoms with Crippen LogP contribution in [-0.4, -0.2) is 72.5 Å². The van der Waals surface area contributed by atoms with Crippen LogP contribution >= 0.6 is 0 Å². The fraction of sp³-hybridized carbons (Fsp3) is 0.600. The highest BCUT2D eigenvalue weighted by Gasteiger charge is 2.55. The number of nitrogens with zero attached hydrogens (tertiary/aromatic N) is 3. The number of likely N-dealkylation sites (N-methyl/N-ethyl adjacent to an activating group) is 2. The van der Waals surface area contributed by atoms with Crippen molar-refractivity contribution in [3.05, 3.63) is 29.8 Å². The van der Waals surface area contributed by atoms with Crippen LogP contribution in [0.25, 0.3) is 0 Å². The van der Waals surface area contributed by atoms with Gasteiger partial charge in [-0.25, -0.2) is 4.79 Å². The van der Waals surface area contributed by atoms with Crippen LogP contribution in [-0.2, 0) is 11.2 Å². The van der Waals surface area contributed by atoms with Gasteiger partial charge >= 0.3 is 6.03 Å². The Balaban J connectivity index is 1.39. The van der Waals surface area contributed by atoms with Crippen LogP contribution < -0.4 is 4.74 Å². The lowest BCUT2D eigenvalue weighted by Gasteiger charge is -2.41. The van der Waals surface area contributed by atoms with Crippen molar-refractivity contribution in [1.82, 2.24) is 14.7 Å². The molecule has 1 aromatic rings. The summed E-state index contributed by atoms with van der Waals surface area (Å²) in [5.74, 6) is 1.54. The number of hydrogen-bond acceptors (Lipinski definition) is 4. The Kier molecular flexibility index (Phi) is 4.39. The molecule has 0 aliphatic carbocycles. The summed E-state index contributed by atoms with van der Waals surface area (Å²) in [5, 5.41) is 0. The van der Waals surface area contributed by atoms with Crippen LogP contribution in [0.1, 0.15) is 24.8 Å². The second-order valence-corrected chi connectivity index (χ2v) is 7.85. The van der Waals surface area contributed by atoms with Crippen molar-refractivity contribution in [3.8, 4) is 5.75 Å². The second-order valence-electron chi connectivity index (χ2n) is 7.85. The molecule has 26 heavy (non-hydrogen) atoms. The van der Waals surface area contributed by atoms with Gasteiger partial charge in [-0.1, -0.05) is 18.2 Å². The zero-order valence-electron chi connectivity index (χ0n) is 15.6. The van der Waals surface area contributed by atoms with E-state index >= 15 is 0 Å². The van der Waals surface area contributed by atoms with E-state index in [-0.39, 0.29) is 11.9 Å². The Morgan fingerprint density at radius 1 is 1.15 bits per heavy atom. The lowest BCUT2D eigenvalue weighted by molar-refractivity contribution is -0.134. The van der Waals surface area contributed by atoms with Crippen molar-refractivity contribution >= 4 is 11.9 Å². The van der Waals surface area contributed by atoms with Crippen LogP contribution in [0.2, 0.25) is 0 Å². The highest BCUT2D eigenvalue weighted by Crippen LogP contribution is 2.36. The molecule has 0 aromatic heterocycles. The number of para-hydroxylation sites is 1. The molecule has 0 saturated carbocycles. The van der Waals surface area contributed by atoms with E-state index < -0.39 is 5.54 Å². The predicted molar refractivity (Wildman–Crippen MR) is 98.1 cm³/mol. The molecule has 1 spiro atoms. The fourth-order valence-electron chi connectivity index (χ4n) is 4.69. The predicted octanol–water partition coefficient (Wildman–Crippen LogP) is 1.99. The standard InChI is InChI=1S/C20H27N3O3/c1-21-18(24)20(22(2)19(21)25)8-10-23(11-9-20)14-15-7-12-26-17-6-4-3-5-16(17)13-15/h3-6,15H,7-14H2,1-2H3. The minimum Gasteiger partial charge on any atom is -0.493 e. The van der Waals surface area contributed by atoms with Crippen molar-refractivity contribution in [2.75, 3.05) is 40.3 Å². The molecule has 2 saturated heterocycles. The Morgan fingerprint density at radius 3 is 2.58 bits per heavy atom. The van der Waals surface area contributed by atoms with Crippen LogP contribution in [0.15, 0.2) is 24.3 Å². The van der Waals surface area contributed by atoms with Crippen molar-refractivity contribution < 1.29 is 14.3 Å². The molecule has 0 N–H and O–H groups in total. The van der Waals surface area contributed by atoms with Crippen molar-refractivity contribution in [2.45, 2.75) is 31.2 Å². The molecule has 3 heterocycles. The highest BCUT2D eigenvalue weighted by molar-refractivity contribution is 6.06. The minimum absolute atomic E-state index is 0.0403. The maximum absolute atomic E-state index is 12.6. The molecular formula is C20H27N3O3. The first-order valence-electron chi connectivity index (χ1n) is 9.50. The Labute approximate surface area is 154 Å². The van der Waals surface area contributed by atoms with Crippen LogP contribution in [0.3, 0.4) is 0 Å². The third-order valence-electron chi connectivity index (χ3n) is 6.38. The molecule has 3 aliphatic heterocycles. The number of imide groups is 1. The molecule has 1 unspecified atom stereocenters. The molecule has 4 rings (SSSR count). The first-order chi connectivity index (χ1) is 12.5. The van der Waals surface area contributed by atoms with E-state index in [2.05, 4.69) is 23.1 Å². The van der Waals surface area contributed by atoms with Crippen LogP contribution in [0, 0.1) is 5.92 Å². The van der Waals surface area contributed by atoms with Gasteiger partial charge in [0.2, 0.25) is 0 Å². The number of amides is 3. The van der Waals surface area contributed by atoms with Crippen LogP contribution in [0.5, 0.6) is 5.75 Å². The SMILES string of the molecule is CN1C(=O)N(C)C2(CCN(CC3CCOc4ccccc4C3)CC2)C1=O. The smallest absolute Gasteiger partial charge is 0.327 e. The van der Waals surface area contributed by atoms with E-state index in [0.717, 1.165) is 57.7 Å². The number of benzene rings is 1. The first kappa shape index (κ1) is 17.3. The number of carbonyl (C=O) groups excluding carboxylic acids is 2. The van der Waals surface area contributed by atoms with Gasteiger partial charge < -0.3 is 14.5 Å². The summed E-state index contributed by atoms with van der Waals surface area (Å²) in [6, 6.07) is 8.13. The summed E-state index contributed by atoms with van der Waals surface area (Å²) < 4.78 is 5.88. The number of piperidine rings is 1. The Morgan fingerprint density at radius 2 is 1.88 bits per heavy atom. The molecule has 1 atom stereocenters. The van der Waals surface area contributed by atoms with Gasteiger partial charge in [-0.2, -0.15) is 0 Å². The summed E-state index contributed by atoms with van der Waals surface area (Å²) in [7, 11) is 3.35. The van der Waals surface area contributed by atoms with Crippen molar-refractivity contribution in [2.24, 2.45) is 5.92 Å². The lowest BCUT2D eigenvalue weighted by atomic mass is 9.85. The lowest BCUT2D eigenvalue weighted by Crippen LogP contribution is -2.55.